The Morgan fingerprint density at radius 1 is 1.23 bits per heavy atom. The Balaban J connectivity index is 1.81. The number of nitrogens with one attached hydrogen (secondary N) is 1. The van der Waals surface area contributed by atoms with Gasteiger partial charge < -0.3 is 14.5 Å². The van der Waals surface area contributed by atoms with Crippen molar-refractivity contribution in [2.75, 3.05) is 26.0 Å². The van der Waals surface area contributed by atoms with Crippen LogP contribution in [0.15, 0.2) is 45.6 Å². The largest absolute Gasteiger partial charge is 0.495 e. The van der Waals surface area contributed by atoms with Gasteiger partial charge in [0.05, 0.1) is 19.3 Å². The number of likely N-dealkylation sites (N-methyl/N-ethyl adjacent to an activating group) is 1. The predicted molar refractivity (Wildman–Crippen MR) is 124 cm³/mol. The van der Waals surface area contributed by atoms with Crippen LogP contribution < -0.4 is 15.7 Å². The summed E-state index contributed by atoms with van der Waals surface area (Å²) in [6, 6.07) is 10.5. The number of ether oxygens (including phenoxy) is 1. The molecular formula is C24H27ClN2O4. The molecule has 6 nitrogen and oxygen atoms in total. The maximum Gasteiger partial charge on any atom is 0.336 e. The Morgan fingerprint density at radius 3 is 2.65 bits per heavy atom. The average molecular weight is 443 g/mol. The van der Waals surface area contributed by atoms with Gasteiger partial charge in [-0.05, 0) is 66.9 Å². The molecule has 3 aromatic rings. The number of nitrogens with zero attached hydrogens (tertiary/aromatic N) is 1. The normalized spacial score (nSPS) is 11.4. The van der Waals surface area contributed by atoms with E-state index in [1.165, 1.54) is 18.7 Å². The number of methoxy groups -OCH3 is 1. The second kappa shape index (κ2) is 9.54. The molecule has 3 rings (SSSR count). The van der Waals surface area contributed by atoms with Crippen LogP contribution in [0.5, 0.6) is 5.75 Å². The smallest absolute Gasteiger partial charge is 0.336 e. The lowest BCUT2D eigenvalue weighted by atomic mass is 9.95. The SMILES string of the molecule is COc1ccc(Cl)cc1NC(=O)CN(C)Cc1cc(=O)oc2cc(C)c(C(C)C)cc12. The second-order valence-corrected chi connectivity index (χ2v) is 8.45. The van der Waals surface area contributed by atoms with Gasteiger partial charge in [-0.3, -0.25) is 9.69 Å². The van der Waals surface area contributed by atoms with E-state index < -0.39 is 5.63 Å². The van der Waals surface area contributed by atoms with Gasteiger partial charge in [-0.25, -0.2) is 4.79 Å². The van der Waals surface area contributed by atoms with Crippen molar-refractivity contribution in [2.45, 2.75) is 33.2 Å². The maximum atomic E-state index is 12.6. The molecule has 7 heteroatoms. The minimum Gasteiger partial charge on any atom is -0.495 e. The molecule has 1 aromatic heterocycles. The summed E-state index contributed by atoms with van der Waals surface area (Å²) in [5.74, 6) is 0.665. The molecule has 31 heavy (non-hydrogen) atoms. The molecule has 1 N–H and O–H groups in total. The van der Waals surface area contributed by atoms with E-state index in [0.717, 1.165) is 16.5 Å². The minimum atomic E-state index is -0.402. The van der Waals surface area contributed by atoms with Crippen LogP contribution in [0.4, 0.5) is 5.69 Å². The zero-order chi connectivity index (χ0) is 22.7. The van der Waals surface area contributed by atoms with Crippen LogP contribution in [0, 0.1) is 6.92 Å². The van der Waals surface area contributed by atoms with Crippen molar-refractivity contribution in [3.05, 3.63) is 68.5 Å². The maximum absolute atomic E-state index is 12.6. The van der Waals surface area contributed by atoms with Gasteiger partial charge in [0.2, 0.25) is 5.91 Å². The molecule has 164 valence electrons. The number of anilines is 1. The lowest BCUT2D eigenvalue weighted by molar-refractivity contribution is -0.117. The van der Waals surface area contributed by atoms with Crippen molar-refractivity contribution < 1.29 is 13.9 Å². The highest BCUT2D eigenvalue weighted by Gasteiger charge is 2.15. The van der Waals surface area contributed by atoms with Crippen molar-refractivity contribution in [1.29, 1.82) is 0 Å². The van der Waals surface area contributed by atoms with E-state index in [1.54, 1.807) is 18.2 Å². The van der Waals surface area contributed by atoms with E-state index in [0.29, 0.717) is 34.5 Å². The van der Waals surface area contributed by atoms with Gasteiger partial charge in [0.25, 0.3) is 0 Å². The van der Waals surface area contributed by atoms with Gasteiger partial charge >= 0.3 is 5.63 Å². The van der Waals surface area contributed by atoms with E-state index in [1.807, 2.05) is 24.9 Å². The Morgan fingerprint density at radius 2 is 1.97 bits per heavy atom. The zero-order valence-electron chi connectivity index (χ0n) is 18.4. The highest BCUT2D eigenvalue weighted by molar-refractivity contribution is 6.31. The molecule has 0 saturated carbocycles. The molecule has 0 unspecified atom stereocenters. The first-order valence-electron chi connectivity index (χ1n) is 10.1. The van der Waals surface area contributed by atoms with Gasteiger partial charge in [-0.2, -0.15) is 0 Å². The summed E-state index contributed by atoms with van der Waals surface area (Å²) >= 11 is 6.03. The fraction of sp³-hybridized carbons (Fsp3) is 0.333. The van der Waals surface area contributed by atoms with Crippen molar-refractivity contribution >= 4 is 34.2 Å². The van der Waals surface area contributed by atoms with Crippen LogP contribution in [0.25, 0.3) is 11.0 Å². The molecule has 2 aromatic carbocycles. The monoisotopic (exact) mass is 442 g/mol. The summed E-state index contributed by atoms with van der Waals surface area (Å²) in [5, 5.41) is 4.22. The number of benzene rings is 2. The number of halogens is 1. The quantitative estimate of drug-likeness (QED) is 0.524. The Bertz CT molecular complexity index is 1170. The fourth-order valence-electron chi connectivity index (χ4n) is 3.70. The fourth-order valence-corrected chi connectivity index (χ4v) is 3.88. The Hall–Kier alpha value is -2.83. The van der Waals surface area contributed by atoms with E-state index in [2.05, 4.69) is 25.2 Å². The second-order valence-electron chi connectivity index (χ2n) is 8.02. The Kier molecular flexibility index (Phi) is 7.03. The number of hydrogen-bond acceptors (Lipinski definition) is 5. The van der Waals surface area contributed by atoms with Crippen LogP contribution in [0.3, 0.4) is 0 Å². The molecule has 1 amide bonds. The Labute approximate surface area is 186 Å². The van der Waals surface area contributed by atoms with Gasteiger partial charge in [0.1, 0.15) is 11.3 Å². The highest BCUT2D eigenvalue weighted by Crippen LogP contribution is 2.28. The van der Waals surface area contributed by atoms with Crippen LogP contribution in [0.2, 0.25) is 5.02 Å². The lowest BCUT2D eigenvalue weighted by Gasteiger charge is -2.19. The number of hydrogen-bond donors (Lipinski definition) is 1. The summed E-state index contributed by atoms with van der Waals surface area (Å²) in [6.45, 7) is 6.83. The third kappa shape index (κ3) is 5.46. The summed E-state index contributed by atoms with van der Waals surface area (Å²) in [7, 11) is 3.36. The predicted octanol–water partition coefficient (Wildman–Crippen LogP) is 4.96. The minimum absolute atomic E-state index is 0.125. The summed E-state index contributed by atoms with van der Waals surface area (Å²) in [5.41, 5.74) is 3.79. The number of carbonyl (C=O) groups excluding carboxylic acids is 1. The molecule has 0 fully saturated rings. The topological polar surface area (TPSA) is 71.8 Å². The van der Waals surface area contributed by atoms with Gasteiger partial charge in [-0.1, -0.05) is 25.4 Å². The number of aryl methyl sites for hydroxylation is 1. The first kappa shape index (κ1) is 22.8. The first-order valence-corrected chi connectivity index (χ1v) is 10.4. The van der Waals surface area contributed by atoms with E-state index >= 15 is 0 Å². The molecule has 0 aliphatic carbocycles. The van der Waals surface area contributed by atoms with Gasteiger partial charge in [0, 0.05) is 23.0 Å². The third-order valence-corrected chi connectivity index (χ3v) is 5.36. The van der Waals surface area contributed by atoms with E-state index in [4.69, 9.17) is 20.8 Å². The number of carbonyl (C=O) groups is 1. The number of fused-ring (bicyclic) bond motifs is 1. The van der Waals surface area contributed by atoms with Crippen LogP contribution in [-0.4, -0.2) is 31.5 Å². The van der Waals surface area contributed by atoms with Crippen LogP contribution in [-0.2, 0) is 11.3 Å². The van der Waals surface area contributed by atoms with Crippen molar-refractivity contribution in [3.63, 3.8) is 0 Å². The standard InChI is InChI=1S/C24H27ClN2O4/c1-14(2)18-11-19-16(9-24(29)31-22(19)8-15(18)3)12-27(4)13-23(28)26-20-10-17(25)6-7-21(20)30-5/h6-11,14H,12-13H2,1-5H3,(H,26,28). The van der Waals surface area contributed by atoms with Crippen LogP contribution >= 0.6 is 11.6 Å². The lowest BCUT2D eigenvalue weighted by Crippen LogP contribution is -2.30. The molecular weight excluding hydrogens is 416 g/mol. The molecule has 0 aliphatic rings. The average Bonchev–Trinajstić information content (AvgIpc) is 2.67. The molecule has 0 bridgehead atoms. The number of rotatable bonds is 7. The highest BCUT2D eigenvalue weighted by atomic mass is 35.5. The van der Waals surface area contributed by atoms with E-state index in [-0.39, 0.29) is 12.5 Å². The van der Waals surface area contributed by atoms with Gasteiger partial charge in [0.15, 0.2) is 0 Å². The van der Waals surface area contributed by atoms with Crippen molar-refractivity contribution in [2.24, 2.45) is 0 Å². The molecule has 0 spiro atoms. The number of amides is 1. The molecule has 0 aliphatic heterocycles. The zero-order valence-corrected chi connectivity index (χ0v) is 19.2. The summed E-state index contributed by atoms with van der Waals surface area (Å²) in [4.78, 5) is 26.5. The summed E-state index contributed by atoms with van der Waals surface area (Å²) < 4.78 is 10.7. The molecule has 0 atom stereocenters. The third-order valence-electron chi connectivity index (χ3n) is 5.13. The van der Waals surface area contributed by atoms with Gasteiger partial charge in [-0.15, -0.1) is 0 Å². The molecule has 1 heterocycles. The van der Waals surface area contributed by atoms with E-state index in [9.17, 15) is 9.59 Å². The first-order chi connectivity index (χ1) is 14.7. The van der Waals surface area contributed by atoms with Crippen LogP contribution in [0.1, 0.15) is 36.5 Å². The summed E-state index contributed by atoms with van der Waals surface area (Å²) in [6.07, 6.45) is 0. The molecule has 0 radical (unpaired) electrons. The molecule has 0 saturated heterocycles. The van der Waals surface area contributed by atoms with Crippen molar-refractivity contribution in [1.82, 2.24) is 4.90 Å². The van der Waals surface area contributed by atoms with Crippen molar-refractivity contribution in [3.8, 4) is 5.75 Å².